The minimum Gasteiger partial charge on any atom is -0.462 e. The van der Waals surface area contributed by atoms with Gasteiger partial charge < -0.3 is 15.2 Å². The molecule has 102 valence electrons. The lowest BCUT2D eigenvalue weighted by molar-refractivity contribution is 0.0973. The van der Waals surface area contributed by atoms with Crippen LogP contribution in [0.5, 0.6) is 6.01 Å². The number of hydrogen-bond donors (Lipinski definition) is 2. The molecule has 1 aromatic heterocycles. The van der Waals surface area contributed by atoms with E-state index in [2.05, 4.69) is 9.97 Å². The molecule has 1 heterocycles. The maximum absolute atomic E-state index is 11.8. The van der Waals surface area contributed by atoms with Crippen molar-refractivity contribution in [2.75, 3.05) is 25.6 Å². The lowest BCUT2D eigenvalue weighted by atomic mass is 10.2. The van der Waals surface area contributed by atoms with Gasteiger partial charge in [-0.05, 0) is 24.6 Å². The first-order valence-corrected chi connectivity index (χ1v) is 6.21. The van der Waals surface area contributed by atoms with Crippen LogP contribution in [-0.4, -0.2) is 29.8 Å². The van der Waals surface area contributed by atoms with E-state index >= 15 is 0 Å². The zero-order chi connectivity index (χ0) is 13.7. The third-order valence-electron chi connectivity index (χ3n) is 2.52. The Bertz CT molecular complexity index is 610. The number of aromatic amines is 1. The topological polar surface area (TPSA) is 90.2 Å². The zero-order valence-corrected chi connectivity index (χ0v) is 10.8. The van der Waals surface area contributed by atoms with Crippen LogP contribution in [-0.2, 0) is 4.74 Å². The van der Waals surface area contributed by atoms with Crippen LogP contribution in [0.15, 0.2) is 23.0 Å². The fourth-order valence-electron chi connectivity index (χ4n) is 1.65. The van der Waals surface area contributed by atoms with Gasteiger partial charge in [-0.25, -0.2) is 0 Å². The molecule has 0 aliphatic carbocycles. The van der Waals surface area contributed by atoms with Gasteiger partial charge in [0.1, 0.15) is 6.61 Å². The molecular formula is C13H17N3O3. The van der Waals surface area contributed by atoms with E-state index in [4.69, 9.17) is 15.2 Å². The second-order valence-electron chi connectivity index (χ2n) is 4.11. The largest absolute Gasteiger partial charge is 0.462 e. The van der Waals surface area contributed by atoms with Crippen molar-refractivity contribution in [2.24, 2.45) is 0 Å². The third kappa shape index (κ3) is 3.45. The molecule has 0 fully saturated rings. The van der Waals surface area contributed by atoms with Gasteiger partial charge in [-0.1, -0.05) is 6.92 Å². The molecule has 0 saturated carbocycles. The first-order valence-electron chi connectivity index (χ1n) is 6.21. The van der Waals surface area contributed by atoms with Gasteiger partial charge in [-0.2, -0.15) is 4.98 Å². The van der Waals surface area contributed by atoms with E-state index in [0.717, 1.165) is 6.42 Å². The number of hydrogen-bond acceptors (Lipinski definition) is 5. The summed E-state index contributed by atoms with van der Waals surface area (Å²) in [4.78, 5) is 18.6. The lowest BCUT2D eigenvalue weighted by Crippen LogP contribution is -2.14. The fourth-order valence-corrected chi connectivity index (χ4v) is 1.65. The van der Waals surface area contributed by atoms with Gasteiger partial charge in [-0.15, -0.1) is 0 Å². The summed E-state index contributed by atoms with van der Waals surface area (Å²) in [7, 11) is 0. The van der Waals surface area contributed by atoms with Gasteiger partial charge in [0.15, 0.2) is 0 Å². The number of nitrogen functional groups attached to an aromatic ring is 1. The SMILES string of the molecule is CCCOCCOc1nc2ccc(N)cc2c(=O)[nH]1. The summed E-state index contributed by atoms with van der Waals surface area (Å²) < 4.78 is 10.6. The Hall–Kier alpha value is -2.08. The van der Waals surface area contributed by atoms with Gasteiger partial charge in [0.05, 0.1) is 17.5 Å². The van der Waals surface area contributed by atoms with Gasteiger partial charge in [0.25, 0.3) is 11.6 Å². The summed E-state index contributed by atoms with van der Waals surface area (Å²) in [5.74, 6) is 0. The Kier molecular flexibility index (Phi) is 4.35. The highest BCUT2D eigenvalue weighted by Gasteiger charge is 2.04. The van der Waals surface area contributed by atoms with Crippen LogP contribution in [0.4, 0.5) is 5.69 Å². The van der Waals surface area contributed by atoms with E-state index in [1.807, 2.05) is 6.92 Å². The van der Waals surface area contributed by atoms with E-state index in [-0.39, 0.29) is 11.6 Å². The Labute approximate surface area is 110 Å². The summed E-state index contributed by atoms with van der Waals surface area (Å²) in [5.41, 5.74) is 6.45. The summed E-state index contributed by atoms with van der Waals surface area (Å²) >= 11 is 0. The fraction of sp³-hybridized carbons (Fsp3) is 0.385. The minimum atomic E-state index is -0.262. The van der Waals surface area contributed by atoms with Crippen molar-refractivity contribution in [1.29, 1.82) is 0 Å². The Morgan fingerprint density at radius 2 is 2.16 bits per heavy atom. The normalized spacial score (nSPS) is 10.8. The first-order chi connectivity index (χ1) is 9.20. The van der Waals surface area contributed by atoms with Crippen LogP contribution in [0, 0.1) is 0 Å². The summed E-state index contributed by atoms with van der Waals surface area (Å²) in [6, 6.07) is 5.18. The monoisotopic (exact) mass is 263 g/mol. The van der Waals surface area contributed by atoms with Crippen molar-refractivity contribution in [3.05, 3.63) is 28.6 Å². The second kappa shape index (κ2) is 6.19. The number of nitrogens with one attached hydrogen (secondary N) is 1. The van der Waals surface area contributed by atoms with Crippen LogP contribution in [0.2, 0.25) is 0 Å². The Morgan fingerprint density at radius 3 is 2.95 bits per heavy atom. The standard InChI is InChI=1S/C13H17N3O3/c1-2-5-18-6-7-19-13-15-11-4-3-9(14)8-10(11)12(17)16-13/h3-4,8H,2,5-7,14H2,1H3,(H,15,16,17). The molecule has 0 saturated heterocycles. The predicted octanol–water partition coefficient (Wildman–Crippen LogP) is 1.31. The van der Waals surface area contributed by atoms with Crippen LogP contribution < -0.4 is 16.0 Å². The minimum absolute atomic E-state index is 0.197. The van der Waals surface area contributed by atoms with E-state index < -0.39 is 0 Å². The maximum Gasteiger partial charge on any atom is 0.297 e. The quantitative estimate of drug-likeness (QED) is 0.605. The van der Waals surface area contributed by atoms with Crippen LogP contribution in [0.25, 0.3) is 10.9 Å². The Morgan fingerprint density at radius 1 is 1.32 bits per heavy atom. The van der Waals surface area contributed by atoms with Crippen molar-refractivity contribution >= 4 is 16.6 Å². The molecule has 0 bridgehead atoms. The molecule has 0 aliphatic heterocycles. The molecule has 6 nitrogen and oxygen atoms in total. The number of aromatic nitrogens is 2. The zero-order valence-electron chi connectivity index (χ0n) is 10.8. The molecule has 1 aromatic carbocycles. The molecule has 19 heavy (non-hydrogen) atoms. The molecule has 6 heteroatoms. The average molecular weight is 263 g/mol. The second-order valence-corrected chi connectivity index (χ2v) is 4.11. The summed E-state index contributed by atoms with van der Waals surface area (Å²) in [6.45, 7) is 3.56. The first kappa shape index (κ1) is 13.4. The number of fused-ring (bicyclic) bond motifs is 1. The summed E-state index contributed by atoms with van der Waals surface area (Å²) in [6.07, 6.45) is 0.965. The highest BCUT2D eigenvalue weighted by molar-refractivity contribution is 5.81. The number of nitrogens with zero attached hydrogens (tertiary/aromatic N) is 1. The van der Waals surface area contributed by atoms with Crippen molar-refractivity contribution in [3.63, 3.8) is 0 Å². The van der Waals surface area contributed by atoms with Gasteiger partial charge in [0, 0.05) is 12.3 Å². The van der Waals surface area contributed by atoms with Crippen LogP contribution in [0.3, 0.4) is 0 Å². The Balaban J connectivity index is 2.08. The highest BCUT2D eigenvalue weighted by atomic mass is 16.5. The number of H-pyrrole nitrogens is 1. The number of rotatable bonds is 6. The third-order valence-corrected chi connectivity index (χ3v) is 2.52. The highest BCUT2D eigenvalue weighted by Crippen LogP contribution is 2.13. The molecule has 2 aromatic rings. The number of benzene rings is 1. The summed E-state index contributed by atoms with van der Waals surface area (Å²) in [5, 5.41) is 0.453. The van der Waals surface area contributed by atoms with Crippen LogP contribution >= 0.6 is 0 Å². The lowest BCUT2D eigenvalue weighted by Gasteiger charge is -2.06. The maximum atomic E-state index is 11.8. The molecule has 2 rings (SSSR count). The van der Waals surface area contributed by atoms with Gasteiger partial charge in [-0.3, -0.25) is 9.78 Å². The number of ether oxygens (including phenoxy) is 2. The molecule has 3 N–H and O–H groups in total. The van der Waals surface area contributed by atoms with E-state index in [9.17, 15) is 4.79 Å². The molecule has 0 atom stereocenters. The van der Waals surface area contributed by atoms with Gasteiger partial charge >= 0.3 is 0 Å². The molecular weight excluding hydrogens is 246 g/mol. The molecule has 0 unspecified atom stereocenters. The van der Waals surface area contributed by atoms with Crippen LogP contribution in [0.1, 0.15) is 13.3 Å². The smallest absolute Gasteiger partial charge is 0.297 e. The van der Waals surface area contributed by atoms with Gasteiger partial charge in [0.2, 0.25) is 0 Å². The van der Waals surface area contributed by atoms with E-state index in [1.54, 1.807) is 18.2 Å². The van der Waals surface area contributed by atoms with E-state index in [0.29, 0.717) is 36.4 Å². The molecule has 0 spiro atoms. The molecule has 0 radical (unpaired) electrons. The predicted molar refractivity (Wildman–Crippen MR) is 73.4 cm³/mol. The van der Waals surface area contributed by atoms with Crippen molar-refractivity contribution < 1.29 is 9.47 Å². The average Bonchev–Trinajstić information content (AvgIpc) is 2.39. The van der Waals surface area contributed by atoms with Crippen molar-refractivity contribution in [2.45, 2.75) is 13.3 Å². The molecule has 0 aliphatic rings. The number of nitrogens with two attached hydrogens (primary N) is 1. The van der Waals surface area contributed by atoms with E-state index in [1.165, 1.54) is 0 Å². The molecule has 0 amide bonds. The van der Waals surface area contributed by atoms with Crippen molar-refractivity contribution in [3.8, 4) is 6.01 Å². The number of anilines is 1. The van der Waals surface area contributed by atoms with Crippen molar-refractivity contribution in [1.82, 2.24) is 9.97 Å².